The first-order valence-corrected chi connectivity index (χ1v) is 6.73. The summed E-state index contributed by atoms with van der Waals surface area (Å²) in [6, 6.07) is 2.48. The predicted molar refractivity (Wildman–Crippen MR) is 72.3 cm³/mol. The second-order valence-electron chi connectivity index (χ2n) is 5.11. The van der Waals surface area contributed by atoms with Gasteiger partial charge in [-0.25, -0.2) is 4.39 Å². The molecule has 0 radical (unpaired) electrons. The van der Waals surface area contributed by atoms with Crippen LogP contribution in [0.4, 0.5) is 10.1 Å². The lowest BCUT2D eigenvalue weighted by Crippen LogP contribution is -2.57. The summed E-state index contributed by atoms with van der Waals surface area (Å²) >= 11 is 0. The van der Waals surface area contributed by atoms with Crippen LogP contribution in [0.15, 0.2) is 18.5 Å². The van der Waals surface area contributed by atoms with Crippen molar-refractivity contribution in [2.45, 2.75) is 38.8 Å². The Morgan fingerprint density at radius 1 is 1.22 bits per heavy atom. The van der Waals surface area contributed by atoms with E-state index in [1.807, 2.05) is 0 Å². The zero-order valence-electron chi connectivity index (χ0n) is 11.4. The van der Waals surface area contributed by atoms with Gasteiger partial charge in [0, 0.05) is 31.2 Å². The lowest BCUT2D eigenvalue weighted by atomic mass is 10.0. The molecular formula is C14H22FN3. The van der Waals surface area contributed by atoms with Gasteiger partial charge in [0.2, 0.25) is 0 Å². The number of anilines is 1. The van der Waals surface area contributed by atoms with Crippen molar-refractivity contribution in [3.8, 4) is 0 Å². The van der Waals surface area contributed by atoms with Crippen LogP contribution in [0.25, 0.3) is 0 Å². The van der Waals surface area contributed by atoms with Crippen LogP contribution < -0.4 is 4.90 Å². The van der Waals surface area contributed by atoms with Crippen molar-refractivity contribution in [2.75, 3.05) is 25.0 Å². The molecule has 0 aromatic carbocycles. The summed E-state index contributed by atoms with van der Waals surface area (Å²) in [5, 5.41) is 0. The Balaban J connectivity index is 2.31. The molecule has 100 valence electrons. The molecule has 0 aliphatic carbocycles. The van der Waals surface area contributed by atoms with Gasteiger partial charge < -0.3 is 9.80 Å². The third-order valence-electron chi connectivity index (χ3n) is 3.76. The first-order valence-electron chi connectivity index (χ1n) is 6.73. The van der Waals surface area contributed by atoms with Gasteiger partial charge in [-0.2, -0.15) is 0 Å². The fourth-order valence-electron chi connectivity index (χ4n) is 2.88. The number of likely N-dealkylation sites (N-methyl/N-ethyl adjacent to an activating group) is 1. The van der Waals surface area contributed by atoms with Crippen LogP contribution in [0.3, 0.4) is 0 Å². The van der Waals surface area contributed by atoms with Crippen LogP contribution in [0.1, 0.15) is 26.7 Å². The van der Waals surface area contributed by atoms with E-state index in [9.17, 15) is 4.39 Å². The maximum atomic E-state index is 13.4. The standard InChI is InChI=1S/C14H22FN3/c1-4-12-9-17(3)10-13(5-2)18(12)14-6-11(15)7-16-8-14/h6-8,12-13H,4-5,9-10H2,1-3H3. The molecule has 2 unspecified atom stereocenters. The van der Waals surface area contributed by atoms with Gasteiger partial charge in [-0.05, 0) is 19.9 Å². The van der Waals surface area contributed by atoms with Crippen molar-refractivity contribution in [1.82, 2.24) is 9.88 Å². The van der Waals surface area contributed by atoms with Gasteiger partial charge in [0.1, 0.15) is 5.82 Å². The molecule has 1 aliphatic heterocycles. The van der Waals surface area contributed by atoms with E-state index in [0.29, 0.717) is 12.1 Å². The van der Waals surface area contributed by atoms with E-state index < -0.39 is 0 Å². The Labute approximate surface area is 109 Å². The summed E-state index contributed by atoms with van der Waals surface area (Å²) in [6.07, 6.45) is 5.18. The Morgan fingerprint density at radius 2 is 1.83 bits per heavy atom. The molecule has 1 saturated heterocycles. The predicted octanol–water partition coefficient (Wildman–Crippen LogP) is 2.53. The third-order valence-corrected chi connectivity index (χ3v) is 3.76. The molecule has 2 heterocycles. The second-order valence-corrected chi connectivity index (χ2v) is 5.11. The fourth-order valence-corrected chi connectivity index (χ4v) is 2.88. The highest BCUT2D eigenvalue weighted by Crippen LogP contribution is 2.27. The zero-order chi connectivity index (χ0) is 13.1. The minimum atomic E-state index is -0.254. The van der Waals surface area contributed by atoms with Crippen molar-refractivity contribution < 1.29 is 4.39 Å². The van der Waals surface area contributed by atoms with Gasteiger partial charge in [-0.3, -0.25) is 4.98 Å². The average Bonchev–Trinajstić information content (AvgIpc) is 2.37. The average molecular weight is 251 g/mol. The van der Waals surface area contributed by atoms with E-state index >= 15 is 0 Å². The summed E-state index contributed by atoms with van der Waals surface area (Å²) in [5.41, 5.74) is 0.918. The van der Waals surface area contributed by atoms with Gasteiger partial charge in [0.05, 0.1) is 18.1 Å². The summed E-state index contributed by atoms with van der Waals surface area (Å²) in [5.74, 6) is -0.254. The summed E-state index contributed by atoms with van der Waals surface area (Å²) in [4.78, 5) is 8.71. The number of pyridine rings is 1. The molecule has 1 aliphatic rings. The number of hydrogen-bond donors (Lipinski definition) is 0. The van der Waals surface area contributed by atoms with Gasteiger partial charge in [0.25, 0.3) is 0 Å². The van der Waals surface area contributed by atoms with E-state index in [4.69, 9.17) is 0 Å². The second kappa shape index (κ2) is 5.65. The summed E-state index contributed by atoms with van der Waals surface area (Å²) in [7, 11) is 2.16. The fraction of sp³-hybridized carbons (Fsp3) is 0.643. The van der Waals surface area contributed by atoms with E-state index in [2.05, 4.69) is 35.7 Å². The van der Waals surface area contributed by atoms with Crippen LogP contribution >= 0.6 is 0 Å². The van der Waals surface area contributed by atoms with E-state index in [1.54, 1.807) is 12.3 Å². The van der Waals surface area contributed by atoms with Crippen LogP contribution in [0.5, 0.6) is 0 Å². The van der Waals surface area contributed by atoms with Gasteiger partial charge in [0.15, 0.2) is 0 Å². The van der Waals surface area contributed by atoms with Crippen LogP contribution in [-0.4, -0.2) is 42.1 Å². The number of nitrogens with zero attached hydrogens (tertiary/aromatic N) is 3. The largest absolute Gasteiger partial charge is 0.362 e. The van der Waals surface area contributed by atoms with Crippen molar-refractivity contribution in [1.29, 1.82) is 0 Å². The first kappa shape index (κ1) is 13.3. The molecule has 18 heavy (non-hydrogen) atoms. The number of hydrogen-bond acceptors (Lipinski definition) is 3. The highest BCUT2D eigenvalue weighted by molar-refractivity contribution is 5.47. The molecule has 0 spiro atoms. The minimum Gasteiger partial charge on any atom is -0.362 e. The zero-order valence-corrected chi connectivity index (χ0v) is 11.4. The molecule has 2 rings (SSSR count). The van der Waals surface area contributed by atoms with Crippen molar-refractivity contribution >= 4 is 5.69 Å². The Kier molecular flexibility index (Phi) is 4.17. The number of aromatic nitrogens is 1. The molecule has 0 N–H and O–H groups in total. The molecule has 1 fully saturated rings. The van der Waals surface area contributed by atoms with Gasteiger partial charge in [-0.1, -0.05) is 13.8 Å². The van der Waals surface area contributed by atoms with Gasteiger partial charge in [-0.15, -0.1) is 0 Å². The normalized spacial score (nSPS) is 25.4. The van der Waals surface area contributed by atoms with Crippen LogP contribution in [-0.2, 0) is 0 Å². The van der Waals surface area contributed by atoms with Crippen molar-refractivity contribution in [3.63, 3.8) is 0 Å². The Bertz CT molecular complexity index is 382. The number of piperazine rings is 1. The molecule has 1 aromatic rings. The Hall–Kier alpha value is -1.16. The van der Waals surface area contributed by atoms with Crippen molar-refractivity contribution in [2.24, 2.45) is 0 Å². The SMILES string of the molecule is CCC1CN(C)CC(CC)N1c1cncc(F)c1. The summed E-state index contributed by atoms with van der Waals surface area (Å²) < 4.78 is 13.4. The quantitative estimate of drug-likeness (QED) is 0.823. The van der Waals surface area contributed by atoms with Gasteiger partial charge >= 0.3 is 0 Å². The molecule has 0 saturated carbocycles. The van der Waals surface area contributed by atoms with Crippen LogP contribution in [0, 0.1) is 5.82 Å². The number of halogens is 1. The van der Waals surface area contributed by atoms with Crippen molar-refractivity contribution in [3.05, 3.63) is 24.3 Å². The molecule has 3 nitrogen and oxygen atoms in total. The smallest absolute Gasteiger partial charge is 0.143 e. The first-order chi connectivity index (χ1) is 8.65. The molecule has 0 bridgehead atoms. The number of rotatable bonds is 3. The molecular weight excluding hydrogens is 229 g/mol. The van der Waals surface area contributed by atoms with E-state index in [0.717, 1.165) is 31.6 Å². The molecule has 0 amide bonds. The Morgan fingerprint density at radius 3 is 2.33 bits per heavy atom. The van der Waals surface area contributed by atoms with Crippen LogP contribution in [0.2, 0.25) is 0 Å². The lowest BCUT2D eigenvalue weighted by Gasteiger charge is -2.47. The highest BCUT2D eigenvalue weighted by atomic mass is 19.1. The molecule has 4 heteroatoms. The minimum absolute atomic E-state index is 0.254. The topological polar surface area (TPSA) is 19.4 Å². The monoisotopic (exact) mass is 251 g/mol. The van der Waals surface area contributed by atoms with E-state index in [1.165, 1.54) is 6.20 Å². The highest BCUT2D eigenvalue weighted by Gasteiger charge is 2.31. The third kappa shape index (κ3) is 2.64. The summed E-state index contributed by atoms with van der Waals surface area (Å²) in [6.45, 7) is 6.44. The molecule has 1 aromatic heterocycles. The molecule has 2 atom stereocenters. The lowest BCUT2D eigenvalue weighted by molar-refractivity contribution is 0.219. The maximum absolute atomic E-state index is 13.4. The van der Waals surface area contributed by atoms with E-state index in [-0.39, 0.29) is 5.82 Å². The maximum Gasteiger partial charge on any atom is 0.143 e.